The van der Waals surface area contributed by atoms with Crippen molar-refractivity contribution in [2.75, 3.05) is 0 Å². The van der Waals surface area contributed by atoms with Gasteiger partial charge in [0.25, 0.3) is 0 Å². The second kappa shape index (κ2) is 6.16. The summed E-state index contributed by atoms with van der Waals surface area (Å²) in [6, 6.07) is 14.9. The summed E-state index contributed by atoms with van der Waals surface area (Å²) < 4.78 is 2.25. The first kappa shape index (κ1) is 13.9. The molecule has 0 amide bonds. The predicted octanol–water partition coefficient (Wildman–Crippen LogP) is 3.79. The molecule has 1 unspecified atom stereocenters. The lowest BCUT2D eigenvalue weighted by atomic mass is 9.98. The molecule has 4 rings (SSSR count). The van der Waals surface area contributed by atoms with Crippen LogP contribution in [0.3, 0.4) is 0 Å². The summed E-state index contributed by atoms with van der Waals surface area (Å²) in [6.07, 6.45) is 9.92. The quantitative estimate of drug-likeness (QED) is 0.559. The van der Waals surface area contributed by atoms with Crippen molar-refractivity contribution in [2.24, 2.45) is 5.92 Å². The zero-order valence-corrected chi connectivity index (χ0v) is 12.9. The minimum absolute atomic E-state index is 0.488. The Hall–Kier alpha value is -2.75. The second-order valence-corrected chi connectivity index (χ2v) is 6.07. The van der Waals surface area contributed by atoms with Crippen molar-refractivity contribution in [1.29, 1.82) is 0 Å². The lowest BCUT2D eigenvalue weighted by Gasteiger charge is -2.16. The van der Waals surface area contributed by atoms with Gasteiger partial charge in [0.1, 0.15) is 5.82 Å². The Bertz CT molecular complexity index is 787. The molecule has 0 radical (unpaired) electrons. The number of para-hydroxylation sites is 1. The van der Waals surface area contributed by atoms with Gasteiger partial charge in [0.2, 0.25) is 0 Å². The normalized spacial score (nSPS) is 12.7. The molecule has 0 saturated carbocycles. The molecular weight excluding hydrogens is 284 g/mol. The summed E-state index contributed by atoms with van der Waals surface area (Å²) >= 11 is 0. The zero-order valence-electron chi connectivity index (χ0n) is 12.9. The van der Waals surface area contributed by atoms with Gasteiger partial charge in [0.15, 0.2) is 0 Å². The number of H-pyrrole nitrogens is 2. The van der Waals surface area contributed by atoms with E-state index in [0.29, 0.717) is 5.92 Å². The summed E-state index contributed by atoms with van der Waals surface area (Å²) in [5.41, 5.74) is 2.50. The van der Waals surface area contributed by atoms with Gasteiger partial charge < -0.3 is 14.5 Å². The van der Waals surface area contributed by atoms with E-state index in [1.54, 1.807) is 0 Å². The van der Waals surface area contributed by atoms with E-state index < -0.39 is 0 Å². The number of fused-ring (bicyclic) bond motifs is 1. The monoisotopic (exact) mass is 304 g/mol. The first-order valence-electron chi connectivity index (χ1n) is 8.02. The average molecular weight is 304 g/mol. The maximum absolute atomic E-state index is 4.39. The summed E-state index contributed by atoms with van der Waals surface area (Å²) in [4.78, 5) is 11.2. The van der Waals surface area contributed by atoms with Crippen LogP contribution in [0.1, 0.15) is 11.5 Å². The van der Waals surface area contributed by atoms with Crippen LogP contribution in [-0.4, -0.2) is 19.5 Å². The number of imidazole rings is 1. The molecule has 116 valence electrons. The Morgan fingerprint density at radius 3 is 2.70 bits per heavy atom. The maximum atomic E-state index is 4.39. The minimum atomic E-state index is 0.488. The van der Waals surface area contributed by atoms with Crippen LogP contribution in [-0.2, 0) is 19.4 Å². The molecule has 23 heavy (non-hydrogen) atoms. The Balaban J connectivity index is 1.56. The summed E-state index contributed by atoms with van der Waals surface area (Å²) in [5.74, 6) is 1.54. The van der Waals surface area contributed by atoms with Gasteiger partial charge in [-0.1, -0.05) is 18.2 Å². The van der Waals surface area contributed by atoms with Crippen LogP contribution >= 0.6 is 0 Å². The van der Waals surface area contributed by atoms with E-state index in [1.807, 2.05) is 12.4 Å². The molecule has 3 aromatic heterocycles. The van der Waals surface area contributed by atoms with E-state index in [1.165, 1.54) is 16.6 Å². The molecule has 0 saturated heterocycles. The van der Waals surface area contributed by atoms with Gasteiger partial charge in [-0.15, -0.1) is 0 Å². The van der Waals surface area contributed by atoms with Crippen molar-refractivity contribution in [2.45, 2.75) is 19.4 Å². The van der Waals surface area contributed by atoms with Crippen LogP contribution < -0.4 is 0 Å². The summed E-state index contributed by atoms with van der Waals surface area (Å²) in [5, 5.41) is 1.28. The third-order valence-electron chi connectivity index (χ3n) is 4.27. The van der Waals surface area contributed by atoms with Crippen molar-refractivity contribution < 1.29 is 0 Å². The molecule has 3 heterocycles. The van der Waals surface area contributed by atoms with Gasteiger partial charge in [-0.3, -0.25) is 0 Å². The van der Waals surface area contributed by atoms with Crippen LogP contribution in [0.5, 0.6) is 0 Å². The van der Waals surface area contributed by atoms with E-state index in [-0.39, 0.29) is 0 Å². The van der Waals surface area contributed by atoms with Gasteiger partial charge >= 0.3 is 0 Å². The number of nitrogens with zero attached hydrogens (tertiary/aromatic N) is 2. The van der Waals surface area contributed by atoms with Gasteiger partial charge in [0, 0.05) is 49.0 Å². The van der Waals surface area contributed by atoms with Crippen molar-refractivity contribution in [3.05, 3.63) is 78.8 Å². The molecular formula is C19H20N4. The van der Waals surface area contributed by atoms with Crippen molar-refractivity contribution in [1.82, 2.24) is 19.5 Å². The number of rotatable bonds is 6. The lowest BCUT2D eigenvalue weighted by Crippen LogP contribution is -2.16. The Morgan fingerprint density at radius 2 is 1.91 bits per heavy atom. The first-order valence-corrected chi connectivity index (χ1v) is 8.02. The maximum Gasteiger partial charge on any atom is 0.106 e. The number of aromatic amines is 2. The third-order valence-corrected chi connectivity index (χ3v) is 4.27. The number of nitrogens with one attached hydrogen (secondary N) is 2. The number of hydrogen-bond acceptors (Lipinski definition) is 1. The number of benzene rings is 1. The van der Waals surface area contributed by atoms with Gasteiger partial charge in [0.05, 0.1) is 0 Å². The van der Waals surface area contributed by atoms with E-state index in [9.17, 15) is 0 Å². The van der Waals surface area contributed by atoms with E-state index in [2.05, 4.69) is 74.4 Å². The first-order chi connectivity index (χ1) is 11.4. The molecule has 1 atom stereocenters. The van der Waals surface area contributed by atoms with Crippen LogP contribution in [0.25, 0.3) is 10.9 Å². The van der Waals surface area contributed by atoms with Crippen LogP contribution in [0, 0.1) is 5.92 Å². The van der Waals surface area contributed by atoms with Crippen LogP contribution in [0.4, 0.5) is 0 Å². The van der Waals surface area contributed by atoms with Crippen molar-refractivity contribution in [3.8, 4) is 0 Å². The molecule has 0 bridgehead atoms. The van der Waals surface area contributed by atoms with Gasteiger partial charge in [-0.2, -0.15) is 0 Å². The summed E-state index contributed by atoms with van der Waals surface area (Å²) in [6.45, 7) is 0.989. The fourth-order valence-corrected chi connectivity index (χ4v) is 3.23. The zero-order chi connectivity index (χ0) is 15.5. The molecule has 4 heteroatoms. The molecule has 2 N–H and O–H groups in total. The highest BCUT2D eigenvalue weighted by Crippen LogP contribution is 2.20. The minimum Gasteiger partial charge on any atom is -0.358 e. The SMILES string of the molecule is c1ccc2[nH]c(CC(Cc3ncc[nH]3)Cn3cccc3)cc2c1. The average Bonchev–Trinajstić information content (AvgIpc) is 3.27. The number of hydrogen-bond donors (Lipinski definition) is 2. The molecule has 4 aromatic rings. The summed E-state index contributed by atoms with van der Waals surface area (Å²) in [7, 11) is 0. The third kappa shape index (κ3) is 3.21. The Labute approximate surface area is 135 Å². The van der Waals surface area contributed by atoms with Gasteiger partial charge in [-0.05, 0) is 42.0 Å². The fourth-order valence-electron chi connectivity index (χ4n) is 3.23. The Morgan fingerprint density at radius 1 is 1.04 bits per heavy atom. The second-order valence-electron chi connectivity index (χ2n) is 6.07. The molecule has 0 fully saturated rings. The lowest BCUT2D eigenvalue weighted by molar-refractivity contribution is 0.429. The molecule has 0 aliphatic carbocycles. The largest absolute Gasteiger partial charge is 0.358 e. The van der Waals surface area contributed by atoms with Gasteiger partial charge in [-0.25, -0.2) is 4.98 Å². The molecule has 0 aliphatic rings. The predicted molar refractivity (Wildman–Crippen MR) is 92.2 cm³/mol. The number of aromatic nitrogens is 4. The smallest absolute Gasteiger partial charge is 0.106 e. The highest BCUT2D eigenvalue weighted by atomic mass is 14.9. The molecule has 1 aromatic carbocycles. The highest BCUT2D eigenvalue weighted by molar-refractivity contribution is 5.80. The molecule has 4 nitrogen and oxygen atoms in total. The Kier molecular flexibility index (Phi) is 3.72. The molecule has 0 spiro atoms. The highest BCUT2D eigenvalue weighted by Gasteiger charge is 2.14. The van der Waals surface area contributed by atoms with E-state index in [0.717, 1.165) is 25.2 Å². The topological polar surface area (TPSA) is 49.4 Å². The van der Waals surface area contributed by atoms with Crippen LogP contribution in [0.2, 0.25) is 0 Å². The van der Waals surface area contributed by atoms with Crippen LogP contribution in [0.15, 0.2) is 67.3 Å². The standard InChI is InChI=1S/C19H20N4/c1-2-6-18-16(5-1)13-17(22-18)11-15(12-19-20-7-8-21-19)14-23-9-3-4-10-23/h1-10,13,15,22H,11-12,14H2,(H,20,21). The molecule has 0 aliphatic heterocycles. The van der Waals surface area contributed by atoms with E-state index >= 15 is 0 Å². The van der Waals surface area contributed by atoms with Crippen molar-refractivity contribution in [3.63, 3.8) is 0 Å². The van der Waals surface area contributed by atoms with E-state index in [4.69, 9.17) is 0 Å². The fraction of sp³-hybridized carbons (Fsp3) is 0.211. The van der Waals surface area contributed by atoms with Crippen molar-refractivity contribution >= 4 is 10.9 Å².